The van der Waals surface area contributed by atoms with E-state index in [9.17, 15) is 4.79 Å². The van der Waals surface area contributed by atoms with Gasteiger partial charge in [-0.25, -0.2) is 0 Å². The standard InChI is InChI=1S/C13H13ClO2/c1-3-4-8-5-10-9(11(14)6-8)7-12(16-2)13(10)15/h3,5-6,12H,1,4,7H2,2H3. The Hall–Kier alpha value is -1.12. The average Bonchev–Trinajstić information content (AvgIpc) is 2.57. The Morgan fingerprint density at radius 3 is 3.00 bits per heavy atom. The molecule has 0 aliphatic heterocycles. The Labute approximate surface area is 99.9 Å². The number of halogens is 1. The van der Waals surface area contributed by atoms with Gasteiger partial charge in [0.05, 0.1) is 0 Å². The summed E-state index contributed by atoms with van der Waals surface area (Å²) in [5.74, 6) is 0.0327. The SMILES string of the molecule is C=CCc1cc(Cl)c2c(c1)C(=O)C(OC)C2. The number of carbonyl (C=O) groups is 1. The van der Waals surface area contributed by atoms with Crippen molar-refractivity contribution in [2.75, 3.05) is 7.11 Å². The molecule has 0 saturated carbocycles. The molecule has 0 bridgehead atoms. The molecule has 1 aromatic carbocycles. The largest absolute Gasteiger partial charge is 0.373 e. The summed E-state index contributed by atoms with van der Waals surface area (Å²) in [6, 6.07) is 3.79. The van der Waals surface area contributed by atoms with Gasteiger partial charge in [-0.15, -0.1) is 6.58 Å². The van der Waals surface area contributed by atoms with Crippen LogP contribution in [-0.4, -0.2) is 19.0 Å². The van der Waals surface area contributed by atoms with E-state index in [0.29, 0.717) is 17.0 Å². The Balaban J connectivity index is 2.46. The number of ether oxygens (including phenoxy) is 1. The highest BCUT2D eigenvalue weighted by molar-refractivity contribution is 6.32. The topological polar surface area (TPSA) is 26.3 Å². The quantitative estimate of drug-likeness (QED) is 0.755. The molecule has 1 aromatic rings. The number of benzene rings is 1. The molecule has 3 heteroatoms. The van der Waals surface area contributed by atoms with Gasteiger partial charge in [0, 0.05) is 24.1 Å². The minimum Gasteiger partial charge on any atom is -0.373 e. The molecule has 0 aromatic heterocycles. The second-order valence-corrected chi connectivity index (χ2v) is 4.30. The van der Waals surface area contributed by atoms with Crippen LogP contribution < -0.4 is 0 Å². The number of fused-ring (bicyclic) bond motifs is 1. The smallest absolute Gasteiger partial charge is 0.192 e. The maximum absolute atomic E-state index is 11.9. The van der Waals surface area contributed by atoms with Gasteiger partial charge in [0.25, 0.3) is 0 Å². The molecule has 1 atom stereocenters. The molecule has 2 rings (SSSR count). The molecule has 1 aliphatic carbocycles. The van der Waals surface area contributed by atoms with Gasteiger partial charge in [0.1, 0.15) is 6.10 Å². The predicted molar refractivity (Wildman–Crippen MR) is 64.2 cm³/mol. The highest BCUT2D eigenvalue weighted by atomic mass is 35.5. The minimum atomic E-state index is -0.369. The van der Waals surface area contributed by atoms with E-state index in [0.717, 1.165) is 17.5 Å². The van der Waals surface area contributed by atoms with Crippen LogP contribution >= 0.6 is 11.6 Å². The number of rotatable bonds is 3. The first-order valence-corrected chi connectivity index (χ1v) is 5.54. The number of hydrogen-bond acceptors (Lipinski definition) is 2. The normalized spacial score (nSPS) is 18.6. The number of hydrogen-bond donors (Lipinski definition) is 0. The van der Waals surface area contributed by atoms with Crippen LogP contribution in [0.3, 0.4) is 0 Å². The van der Waals surface area contributed by atoms with E-state index in [1.54, 1.807) is 13.2 Å². The lowest BCUT2D eigenvalue weighted by atomic mass is 10.0. The van der Waals surface area contributed by atoms with E-state index in [4.69, 9.17) is 16.3 Å². The van der Waals surface area contributed by atoms with E-state index in [2.05, 4.69) is 6.58 Å². The first-order valence-electron chi connectivity index (χ1n) is 5.16. The Kier molecular flexibility index (Phi) is 3.13. The lowest BCUT2D eigenvalue weighted by Gasteiger charge is -2.04. The lowest BCUT2D eigenvalue weighted by molar-refractivity contribution is 0.0646. The molecular formula is C13H13ClO2. The van der Waals surface area contributed by atoms with Gasteiger partial charge in [-0.1, -0.05) is 17.7 Å². The Bertz CT molecular complexity index is 451. The number of ketones is 1. The maximum atomic E-state index is 11.9. The molecule has 0 fully saturated rings. The van der Waals surface area contributed by atoms with Crippen molar-refractivity contribution in [2.45, 2.75) is 18.9 Å². The Morgan fingerprint density at radius 2 is 2.38 bits per heavy atom. The molecule has 1 unspecified atom stereocenters. The summed E-state index contributed by atoms with van der Waals surface area (Å²) >= 11 is 6.16. The molecule has 16 heavy (non-hydrogen) atoms. The molecule has 0 N–H and O–H groups in total. The van der Waals surface area contributed by atoms with Gasteiger partial charge in [0.15, 0.2) is 5.78 Å². The van der Waals surface area contributed by atoms with Crippen molar-refractivity contribution in [1.82, 2.24) is 0 Å². The fourth-order valence-corrected chi connectivity index (χ4v) is 2.37. The summed E-state index contributed by atoms with van der Waals surface area (Å²) < 4.78 is 5.13. The molecular weight excluding hydrogens is 224 g/mol. The zero-order valence-electron chi connectivity index (χ0n) is 9.13. The monoisotopic (exact) mass is 236 g/mol. The van der Waals surface area contributed by atoms with Crippen molar-refractivity contribution >= 4 is 17.4 Å². The highest BCUT2D eigenvalue weighted by Crippen LogP contribution is 2.31. The van der Waals surface area contributed by atoms with E-state index in [1.807, 2.05) is 12.1 Å². The van der Waals surface area contributed by atoms with Gasteiger partial charge >= 0.3 is 0 Å². The summed E-state index contributed by atoms with van der Waals surface area (Å²) in [6.07, 6.45) is 2.73. The van der Waals surface area contributed by atoms with Crippen LogP contribution in [0.1, 0.15) is 21.5 Å². The summed E-state index contributed by atoms with van der Waals surface area (Å²) in [4.78, 5) is 11.9. The highest BCUT2D eigenvalue weighted by Gasteiger charge is 2.32. The molecule has 0 heterocycles. The molecule has 1 aliphatic rings. The van der Waals surface area contributed by atoms with Crippen molar-refractivity contribution in [1.29, 1.82) is 0 Å². The zero-order valence-corrected chi connectivity index (χ0v) is 9.88. The van der Waals surface area contributed by atoms with Crippen molar-refractivity contribution < 1.29 is 9.53 Å². The van der Waals surface area contributed by atoms with E-state index in [-0.39, 0.29) is 11.9 Å². The fourth-order valence-electron chi connectivity index (χ4n) is 2.05. The van der Waals surface area contributed by atoms with E-state index < -0.39 is 0 Å². The van der Waals surface area contributed by atoms with Crippen LogP contribution in [0.5, 0.6) is 0 Å². The predicted octanol–water partition coefficient (Wildman–Crippen LogP) is 2.82. The third kappa shape index (κ3) is 1.79. The third-order valence-electron chi connectivity index (χ3n) is 2.87. The molecule has 0 radical (unpaired) electrons. The molecule has 2 nitrogen and oxygen atoms in total. The summed E-state index contributed by atoms with van der Waals surface area (Å²) in [5.41, 5.74) is 2.63. The minimum absolute atomic E-state index is 0.0327. The Morgan fingerprint density at radius 1 is 1.62 bits per heavy atom. The molecule has 84 valence electrons. The molecule has 0 saturated heterocycles. The van der Waals surface area contributed by atoms with Gasteiger partial charge in [-0.2, -0.15) is 0 Å². The summed E-state index contributed by atoms with van der Waals surface area (Å²) in [5, 5.41) is 0.655. The molecule has 0 amide bonds. The van der Waals surface area contributed by atoms with Crippen molar-refractivity contribution in [3.8, 4) is 0 Å². The average molecular weight is 237 g/mol. The lowest BCUT2D eigenvalue weighted by Crippen LogP contribution is -2.17. The first-order chi connectivity index (χ1) is 7.67. The second kappa shape index (κ2) is 4.40. The van der Waals surface area contributed by atoms with Crippen LogP contribution in [0, 0.1) is 0 Å². The fraction of sp³-hybridized carbons (Fsp3) is 0.308. The van der Waals surface area contributed by atoms with E-state index >= 15 is 0 Å². The van der Waals surface area contributed by atoms with Crippen LogP contribution in [0.2, 0.25) is 5.02 Å². The van der Waals surface area contributed by atoms with Crippen LogP contribution in [-0.2, 0) is 17.6 Å². The van der Waals surface area contributed by atoms with Gasteiger partial charge in [-0.3, -0.25) is 4.79 Å². The summed E-state index contributed by atoms with van der Waals surface area (Å²) in [7, 11) is 1.55. The summed E-state index contributed by atoms with van der Waals surface area (Å²) in [6.45, 7) is 3.68. The maximum Gasteiger partial charge on any atom is 0.192 e. The van der Waals surface area contributed by atoms with Crippen molar-refractivity contribution in [3.63, 3.8) is 0 Å². The number of carbonyl (C=O) groups excluding carboxylic acids is 1. The second-order valence-electron chi connectivity index (χ2n) is 3.89. The first kappa shape index (κ1) is 11.4. The van der Waals surface area contributed by atoms with Gasteiger partial charge in [-0.05, 0) is 29.7 Å². The van der Waals surface area contributed by atoms with E-state index in [1.165, 1.54) is 0 Å². The third-order valence-corrected chi connectivity index (χ3v) is 3.20. The van der Waals surface area contributed by atoms with Gasteiger partial charge in [0.2, 0.25) is 0 Å². The molecule has 0 spiro atoms. The van der Waals surface area contributed by atoms with Crippen molar-refractivity contribution in [3.05, 3.63) is 46.5 Å². The zero-order chi connectivity index (χ0) is 11.7. The van der Waals surface area contributed by atoms with Crippen molar-refractivity contribution in [2.24, 2.45) is 0 Å². The number of Topliss-reactive ketones (excluding diaryl/α,β-unsaturated/α-hetero) is 1. The van der Waals surface area contributed by atoms with Crippen LogP contribution in [0.4, 0.5) is 0 Å². The van der Waals surface area contributed by atoms with Gasteiger partial charge < -0.3 is 4.74 Å². The number of methoxy groups -OCH3 is 1. The number of allylic oxidation sites excluding steroid dienone is 1. The van der Waals surface area contributed by atoms with Crippen LogP contribution in [0.25, 0.3) is 0 Å². The van der Waals surface area contributed by atoms with Crippen LogP contribution in [0.15, 0.2) is 24.8 Å².